The zero-order chi connectivity index (χ0) is 13.2. The normalized spacial score (nSPS) is 18.9. The van der Waals surface area contributed by atoms with Gasteiger partial charge in [-0.15, -0.1) is 5.10 Å². The van der Waals surface area contributed by atoms with Crippen LogP contribution in [0.4, 0.5) is 0 Å². The van der Waals surface area contributed by atoms with Gasteiger partial charge in [0, 0.05) is 30.0 Å². The molecule has 2 rings (SSSR count). The van der Waals surface area contributed by atoms with E-state index in [0.717, 1.165) is 37.5 Å². The van der Waals surface area contributed by atoms with Gasteiger partial charge in [-0.05, 0) is 20.3 Å². The van der Waals surface area contributed by atoms with Crippen molar-refractivity contribution in [2.75, 3.05) is 18.8 Å². The molecular weight excluding hydrogens is 248 g/mol. The molecule has 0 saturated carbocycles. The molecule has 1 fully saturated rings. The first kappa shape index (κ1) is 13.4. The Hall–Kier alpha value is -1.04. The first-order valence-corrected chi connectivity index (χ1v) is 7.35. The fourth-order valence-electron chi connectivity index (χ4n) is 2.07. The van der Waals surface area contributed by atoms with Gasteiger partial charge in [0.15, 0.2) is 0 Å². The molecule has 1 aliphatic heterocycles. The van der Waals surface area contributed by atoms with Crippen molar-refractivity contribution < 1.29 is 4.79 Å². The molecule has 18 heavy (non-hydrogen) atoms. The van der Waals surface area contributed by atoms with Gasteiger partial charge < -0.3 is 4.90 Å². The Bertz CT molecular complexity index is 429. The Labute approximate surface area is 112 Å². The summed E-state index contributed by atoms with van der Waals surface area (Å²) in [5.74, 6) is 2.03. The SMILES string of the molecule is CCCc1nc(C(=O)N2CCSC(C)(C)C2)n[nH]1. The highest BCUT2D eigenvalue weighted by molar-refractivity contribution is 8.00. The number of H-pyrrole nitrogens is 1. The summed E-state index contributed by atoms with van der Waals surface area (Å²) in [6.07, 6.45) is 1.83. The third-order valence-corrected chi connectivity index (χ3v) is 4.22. The maximum absolute atomic E-state index is 12.3. The van der Waals surface area contributed by atoms with Crippen LogP contribution >= 0.6 is 11.8 Å². The highest BCUT2D eigenvalue weighted by atomic mass is 32.2. The van der Waals surface area contributed by atoms with Gasteiger partial charge in [-0.1, -0.05) is 6.92 Å². The van der Waals surface area contributed by atoms with E-state index < -0.39 is 0 Å². The molecule has 0 radical (unpaired) electrons. The molecule has 0 aromatic carbocycles. The molecule has 0 bridgehead atoms. The lowest BCUT2D eigenvalue weighted by Crippen LogP contribution is -2.46. The molecule has 2 heterocycles. The van der Waals surface area contributed by atoms with Gasteiger partial charge in [-0.25, -0.2) is 4.98 Å². The van der Waals surface area contributed by atoms with Crippen LogP contribution < -0.4 is 0 Å². The van der Waals surface area contributed by atoms with Crippen molar-refractivity contribution in [3.05, 3.63) is 11.6 Å². The number of carbonyl (C=O) groups is 1. The molecule has 0 unspecified atom stereocenters. The number of rotatable bonds is 3. The molecule has 0 atom stereocenters. The van der Waals surface area contributed by atoms with Crippen molar-refractivity contribution in [1.82, 2.24) is 20.1 Å². The van der Waals surface area contributed by atoms with Crippen LogP contribution in [0, 0.1) is 0 Å². The van der Waals surface area contributed by atoms with E-state index in [1.165, 1.54) is 0 Å². The Morgan fingerprint density at radius 2 is 2.33 bits per heavy atom. The molecular formula is C12H20N4OS. The lowest BCUT2D eigenvalue weighted by Gasteiger charge is -2.36. The summed E-state index contributed by atoms with van der Waals surface area (Å²) in [5.41, 5.74) is 0. The van der Waals surface area contributed by atoms with Gasteiger partial charge >= 0.3 is 0 Å². The maximum Gasteiger partial charge on any atom is 0.293 e. The molecule has 0 spiro atoms. The van der Waals surface area contributed by atoms with E-state index in [1.807, 2.05) is 16.7 Å². The number of aromatic amines is 1. The van der Waals surface area contributed by atoms with Crippen molar-refractivity contribution in [2.24, 2.45) is 0 Å². The van der Waals surface area contributed by atoms with Gasteiger partial charge in [0.05, 0.1) is 0 Å². The summed E-state index contributed by atoms with van der Waals surface area (Å²) >= 11 is 1.91. The van der Waals surface area contributed by atoms with Crippen molar-refractivity contribution in [3.8, 4) is 0 Å². The van der Waals surface area contributed by atoms with Crippen LogP contribution in [-0.2, 0) is 6.42 Å². The first-order valence-electron chi connectivity index (χ1n) is 6.36. The highest BCUT2D eigenvalue weighted by Gasteiger charge is 2.31. The smallest absolute Gasteiger partial charge is 0.293 e. The number of nitrogens with zero attached hydrogens (tertiary/aromatic N) is 3. The largest absolute Gasteiger partial charge is 0.334 e. The standard InChI is InChI=1S/C12H20N4OS/c1-4-5-9-13-10(15-14-9)11(17)16-6-7-18-12(2,3)8-16/h4-8H2,1-3H3,(H,13,14,15). The van der Waals surface area contributed by atoms with E-state index in [-0.39, 0.29) is 10.7 Å². The van der Waals surface area contributed by atoms with Crippen molar-refractivity contribution in [3.63, 3.8) is 0 Å². The molecule has 1 saturated heterocycles. The zero-order valence-corrected chi connectivity index (χ0v) is 12.0. The minimum absolute atomic E-state index is 0.0537. The van der Waals surface area contributed by atoms with E-state index >= 15 is 0 Å². The van der Waals surface area contributed by atoms with Crippen LogP contribution in [0.2, 0.25) is 0 Å². The molecule has 1 amide bonds. The Kier molecular flexibility index (Phi) is 3.94. The number of carbonyl (C=O) groups excluding carboxylic acids is 1. The van der Waals surface area contributed by atoms with Gasteiger partial charge in [0.25, 0.3) is 5.91 Å². The van der Waals surface area contributed by atoms with E-state index in [0.29, 0.717) is 5.82 Å². The molecule has 100 valence electrons. The zero-order valence-electron chi connectivity index (χ0n) is 11.2. The maximum atomic E-state index is 12.3. The Balaban J connectivity index is 2.05. The number of hydrogen-bond donors (Lipinski definition) is 1. The predicted molar refractivity (Wildman–Crippen MR) is 72.8 cm³/mol. The van der Waals surface area contributed by atoms with Crippen molar-refractivity contribution in [1.29, 1.82) is 0 Å². The minimum Gasteiger partial charge on any atom is -0.334 e. The third kappa shape index (κ3) is 3.04. The van der Waals surface area contributed by atoms with E-state index in [4.69, 9.17) is 0 Å². The molecule has 0 aliphatic carbocycles. The molecule has 1 aromatic heterocycles. The second-order valence-corrected chi connectivity index (χ2v) is 6.99. The van der Waals surface area contributed by atoms with Gasteiger partial charge in [0.2, 0.25) is 5.82 Å². The molecule has 1 aromatic rings. The average molecular weight is 268 g/mol. The van der Waals surface area contributed by atoms with E-state index in [9.17, 15) is 4.79 Å². The van der Waals surface area contributed by atoms with Crippen LogP contribution in [0.5, 0.6) is 0 Å². The Morgan fingerprint density at radius 3 is 3.00 bits per heavy atom. The number of thioether (sulfide) groups is 1. The van der Waals surface area contributed by atoms with Crippen molar-refractivity contribution in [2.45, 2.75) is 38.4 Å². The van der Waals surface area contributed by atoms with E-state index in [2.05, 4.69) is 36.0 Å². The number of hydrogen-bond acceptors (Lipinski definition) is 4. The lowest BCUT2D eigenvalue weighted by molar-refractivity contribution is 0.0736. The topological polar surface area (TPSA) is 61.9 Å². The predicted octanol–water partition coefficient (Wildman–Crippen LogP) is 1.72. The van der Waals surface area contributed by atoms with Crippen LogP contribution in [0.3, 0.4) is 0 Å². The Morgan fingerprint density at radius 1 is 1.56 bits per heavy atom. The molecule has 5 nitrogen and oxygen atoms in total. The second kappa shape index (κ2) is 5.30. The van der Waals surface area contributed by atoms with Crippen LogP contribution in [0.1, 0.15) is 43.6 Å². The third-order valence-electron chi connectivity index (χ3n) is 2.92. The summed E-state index contributed by atoms with van der Waals surface area (Å²) in [4.78, 5) is 18.4. The average Bonchev–Trinajstić information content (AvgIpc) is 2.76. The monoisotopic (exact) mass is 268 g/mol. The van der Waals surface area contributed by atoms with Crippen LogP contribution in [0.15, 0.2) is 0 Å². The quantitative estimate of drug-likeness (QED) is 0.907. The second-order valence-electron chi connectivity index (χ2n) is 5.19. The fourth-order valence-corrected chi connectivity index (χ4v) is 3.18. The summed E-state index contributed by atoms with van der Waals surface area (Å²) < 4.78 is 0.121. The summed E-state index contributed by atoms with van der Waals surface area (Å²) in [6.45, 7) is 7.95. The number of aromatic nitrogens is 3. The number of nitrogens with one attached hydrogen (secondary N) is 1. The first-order chi connectivity index (χ1) is 8.52. The number of amides is 1. The van der Waals surface area contributed by atoms with Crippen LogP contribution in [-0.4, -0.2) is 49.6 Å². The summed E-state index contributed by atoms with van der Waals surface area (Å²) in [6, 6.07) is 0. The lowest BCUT2D eigenvalue weighted by atomic mass is 10.2. The van der Waals surface area contributed by atoms with Gasteiger partial charge in [-0.3, -0.25) is 9.89 Å². The molecule has 1 aliphatic rings. The van der Waals surface area contributed by atoms with E-state index in [1.54, 1.807) is 0 Å². The van der Waals surface area contributed by atoms with Gasteiger partial charge in [-0.2, -0.15) is 11.8 Å². The highest BCUT2D eigenvalue weighted by Crippen LogP contribution is 2.29. The van der Waals surface area contributed by atoms with Crippen molar-refractivity contribution >= 4 is 17.7 Å². The fraction of sp³-hybridized carbons (Fsp3) is 0.750. The minimum atomic E-state index is -0.0537. The number of aryl methyl sites for hydroxylation is 1. The van der Waals surface area contributed by atoms with Crippen LogP contribution in [0.25, 0.3) is 0 Å². The molecule has 1 N–H and O–H groups in total. The summed E-state index contributed by atoms with van der Waals surface area (Å²) in [7, 11) is 0. The molecule has 6 heteroatoms. The van der Waals surface area contributed by atoms with Gasteiger partial charge in [0.1, 0.15) is 5.82 Å². The summed E-state index contributed by atoms with van der Waals surface area (Å²) in [5, 5.41) is 6.86.